The van der Waals surface area contributed by atoms with Crippen molar-refractivity contribution in [3.63, 3.8) is 0 Å². The quantitative estimate of drug-likeness (QED) is 0.701. The Kier molecular flexibility index (Phi) is 4.73. The van der Waals surface area contributed by atoms with Crippen molar-refractivity contribution < 1.29 is 9.18 Å². The molecule has 1 aliphatic rings. The van der Waals surface area contributed by atoms with Crippen molar-refractivity contribution in [2.24, 2.45) is 0 Å². The van der Waals surface area contributed by atoms with Gasteiger partial charge in [-0.2, -0.15) is 0 Å². The molecule has 27 heavy (non-hydrogen) atoms. The molecule has 1 aliphatic carbocycles. The molecular weight excluding hydrogens is 365 g/mol. The third-order valence-corrected chi connectivity index (χ3v) is 5.63. The van der Waals surface area contributed by atoms with Crippen LogP contribution >= 0.6 is 11.3 Å². The number of hydrogen-bond acceptors (Lipinski definition) is 5. The molecule has 0 bridgehead atoms. The van der Waals surface area contributed by atoms with Gasteiger partial charge in [0.1, 0.15) is 5.82 Å². The standard InChI is InChI=1S/C19H20FN5OS/c1-3-16-22-15(10-27-16)11(2)21-19(26)17-18(12-4-5-12)25(24-23-17)14-8-6-13(20)7-9-14/h6-12H,3-5H2,1-2H3,(H,21,26). The largest absolute Gasteiger partial charge is 0.342 e. The Hall–Kier alpha value is -2.61. The van der Waals surface area contributed by atoms with E-state index in [4.69, 9.17) is 0 Å². The number of carbonyl (C=O) groups excluding carboxylic acids is 1. The first kappa shape index (κ1) is 17.8. The highest BCUT2D eigenvalue weighted by Crippen LogP contribution is 2.42. The molecule has 1 fully saturated rings. The van der Waals surface area contributed by atoms with Crippen molar-refractivity contribution in [2.75, 3.05) is 0 Å². The van der Waals surface area contributed by atoms with Crippen LogP contribution in [-0.2, 0) is 6.42 Å². The van der Waals surface area contributed by atoms with Gasteiger partial charge >= 0.3 is 0 Å². The van der Waals surface area contributed by atoms with Crippen LogP contribution in [-0.4, -0.2) is 25.9 Å². The fourth-order valence-electron chi connectivity index (χ4n) is 2.97. The Morgan fingerprint density at radius 1 is 1.37 bits per heavy atom. The van der Waals surface area contributed by atoms with Crippen molar-refractivity contribution >= 4 is 17.2 Å². The summed E-state index contributed by atoms with van der Waals surface area (Å²) >= 11 is 1.60. The van der Waals surface area contributed by atoms with Gasteiger partial charge in [0.2, 0.25) is 0 Å². The topological polar surface area (TPSA) is 72.7 Å². The van der Waals surface area contributed by atoms with Gasteiger partial charge in [0, 0.05) is 11.3 Å². The Bertz CT molecular complexity index is 961. The Labute approximate surface area is 160 Å². The van der Waals surface area contributed by atoms with E-state index in [2.05, 4.69) is 27.5 Å². The monoisotopic (exact) mass is 385 g/mol. The van der Waals surface area contributed by atoms with Crippen LogP contribution in [0.25, 0.3) is 5.69 Å². The number of aryl methyl sites for hydroxylation is 1. The second-order valence-electron chi connectivity index (χ2n) is 6.70. The predicted octanol–water partition coefficient (Wildman–Crippen LogP) is 3.79. The molecule has 0 spiro atoms. The first-order valence-electron chi connectivity index (χ1n) is 9.03. The molecule has 0 radical (unpaired) electrons. The molecule has 6 nitrogen and oxygen atoms in total. The zero-order valence-electron chi connectivity index (χ0n) is 15.1. The van der Waals surface area contributed by atoms with Crippen molar-refractivity contribution in [2.45, 2.75) is 45.1 Å². The lowest BCUT2D eigenvalue weighted by Crippen LogP contribution is -2.28. The minimum atomic E-state index is -0.312. The number of nitrogens with one attached hydrogen (secondary N) is 1. The van der Waals surface area contributed by atoms with Crippen molar-refractivity contribution in [1.82, 2.24) is 25.3 Å². The summed E-state index contributed by atoms with van der Waals surface area (Å²) in [6.07, 6.45) is 2.87. The van der Waals surface area contributed by atoms with Crippen LogP contribution in [0.4, 0.5) is 4.39 Å². The van der Waals surface area contributed by atoms with Crippen LogP contribution in [0.15, 0.2) is 29.6 Å². The molecule has 2 heterocycles. The zero-order chi connectivity index (χ0) is 19.0. The number of aromatic nitrogens is 4. The molecule has 0 aliphatic heterocycles. The summed E-state index contributed by atoms with van der Waals surface area (Å²) in [5, 5.41) is 14.3. The number of hydrogen-bond donors (Lipinski definition) is 1. The van der Waals surface area contributed by atoms with E-state index in [1.807, 2.05) is 12.3 Å². The summed E-state index contributed by atoms with van der Waals surface area (Å²) in [5.74, 6) is -0.316. The van der Waals surface area contributed by atoms with E-state index in [0.717, 1.165) is 35.7 Å². The van der Waals surface area contributed by atoms with Crippen molar-refractivity contribution in [1.29, 1.82) is 0 Å². The fourth-order valence-corrected chi connectivity index (χ4v) is 3.81. The van der Waals surface area contributed by atoms with E-state index >= 15 is 0 Å². The molecule has 140 valence electrons. The number of benzene rings is 1. The molecule has 2 aromatic heterocycles. The number of halogens is 1. The average molecular weight is 385 g/mol. The molecule has 1 N–H and O–H groups in total. The van der Waals surface area contributed by atoms with Gasteiger partial charge in [0.25, 0.3) is 5.91 Å². The lowest BCUT2D eigenvalue weighted by molar-refractivity contribution is 0.0933. The van der Waals surface area contributed by atoms with Crippen LogP contribution in [0.3, 0.4) is 0 Å². The van der Waals surface area contributed by atoms with Crippen LogP contribution in [0.1, 0.15) is 65.5 Å². The molecular formula is C19H20FN5OS. The normalized spacial score (nSPS) is 14.9. The lowest BCUT2D eigenvalue weighted by atomic mass is 10.2. The zero-order valence-corrected chi connectivity index (χ0v) is 16.0. The third kappa shape index (κ3) is 3.62. The van der Waals surface area contributed by atoms with Gasteiger partial charge in [-0.1, -0.05) is 12.1 Å². The molecule has 0 saturated heterocycles. The van der Waals surface area contributed by atoms with Crippen molar-refractivity contribution in [3.8, 4) is 5.69 Å². The number of carbonyl (C=O) groups is 1. The maximum absolute atomic E-state index is 13.2. The smallest absolute Gasteiger partial charge is 0.274 e. The van der Waals surface area contributed by atoms with Gasteiger partial charge in [-0.25, -0.2) is 14.1 Å². The number of rotatable bonds is 6. The van der Waals surface area contributed by atoms with E-state index in [9.17, 15) is 9.18 Å². The number of amides is 1. The van der Waals surface area contributed by atoms with Gasteiger partial charge in [-0.05, 0) is 50.5 Å². The number of thiazole rings is 1. The molecule has 1 amide bonds. The van der Waals surface area contributed by atoms with Gasteiger partial charge < -0.3 is 5.32 Å². The first-order chi connectivity index (χ1) is 13.1. The summed E-state index contributed by atoms with van der Waals surface area (Å²) in [5.41, 5.74) is 2.67. The molecule has 1 aromatic carbocycles. The highest BCUT2D eigenvalue weighted by molar-refractivity contribution is 7.09. The Morgan fingerprint density at radius 3 is 2.74 bits per heavy atom. The second kappa shape index (κ2) is 7.19. The fraction of sp³-hybridized carbons (Fsp3) is 0.368. The second-order valence-corrected chi connectivity index (χ2v) is 7.64. The van der Waals surface area contributed by atoms with Gasteiger partial charge in [0.15, 0.2) is 5.69 Å². The summed E-state index contributed by atoms with van der Waals surface area (Å²) in [6.45, 7) is 3.97. The van der Waals surface area contributed by atoms with Crippen LogP contribution in [0, 0.1) is 5.82 Å². The van der Waals surface area contributed by atoms with E-state index in [1.165, 1.54) is 12.1 Å². The lowest BCUT2D eigenvalue weighted by Gasteiger charge is -2.12. The predicted molar refractivity (Wildman–Crippen MR) is 101 cm³/mol. The Balaban J connectivity index is 1.59. The summed E-state index contributed by atoms with van der Waals surface area (Å²) in [7, 11) is 0. The van der Waals surface area contributed by atoms with Crippen molar-refractivity contribution in [3.05, 3.63) is 57.6 Å². The minimum absolute atomic E-state index is 0.211. The Morgan fingerprint density at radius 2 is 2.11 bits per heavy atom. The van der Waals surface area contributed by atoms with E-state index in [-0.39, 0.29) is 23.7 Å². The van der Waals surface area contributed by atoms with Gasteiger partial charge in [-0.15, -0.1) is 16.4 Å². The summed E-state index contributed by atoms with van der Waals surface area (Å²) in [4.78, 5) is 17.4. The minimum Gasteiger partial charge on any atom is -0.342 e. The van der Waals surface area contributed by atoms with E-state index in [0.29, 0.717) is 11.4 Å². The molecule has 1 atom stereocenters. The molecule has 1 unspecified atom stereocenters. The van der Waals surface area contributed by atoms with Gasteiger partial charge in [0.05, 0.1) is 28.1 Å². The summed E-state index contributed by atoms with van der Waals surface area (Å²) < 4.78 is 14.9. The number of nitrogens with zero attached hydrogens (tertiary/aromatic N) is 4. The highest BCUT2D eigenvalue weighted by atomic mass is 32.1. The first-order valence-corrected chi connectivity index (χ1v) is 9.91. The highest BCUT2D eigenvalue weighted by Gasteiger charge is 2.34. The van der Waals surface area contributed by atoms with Crippen LogP contribution < -0.4 is 5.32 Å². The molecule has 1 saturated carbocycles. The van der Waals surface area contributed by atoms with E-state index in [1.54, 1.807) is 28.2 Å². The van der Waals surface area contributed by atoms with Crippen LogP contribution in [0.5, 0.6) is 0 Å². The maximum Gasteiger partial charge on any atom is 0.274 e. The third-order valence-electron chi connectivity index (χ3n) is 4.62. The molecule has 4 rings (SSSR count). The van der Waals surface area contributed by atoms with Gasteiger partial charge in [-0.3, -0.25) is 4.79 Å². The average Bonchev–Trinajstić information content (AvgIpc) is 3.21. The summed E-state index contributed by atoms with van der Waals surface area (Å²) in [6, 6.07) is 5.83. The van der Waals surface area contributed by atoms with Crippen LogP contribution in [0.2, 0.25) is 0 Å². The van der Waals surface area contributed by atoms with E-state index < -0.39 is 0 Å². The SMILES string of the molecule is CCc1nc(C(C)NC(=O)c2nnn(-c3ccc(F)cc3)c2C2CC2)cs1. The molecule has 3 aromatic rings. The maximum atomic E-state index is 13.2. The molecule has 8 heteroatoms.